The zero-order valence-corrected chi connectivity index (χ0v) is 24.5. The van der Waals surface area contributed by atoms with E-state index in [0.29, 0.717) is 43.3 Å². The van der Waals surface area contributed by atoms with Crippen LogP contribution in [0.2, 0.25) is 0 Å². The van der Waals surface area contributed by atoms with Crippen molar-refractivity contribution in [1.29, 1.82) is 0 Å². The Morgan fingerprint density at radius 1 is 1.10 bits per heavy atom. The molecule has 2 aliphatic rings. The van der Waals surface area contributed by atoms with Gasteiger partial charge in [-0.1, -0.05) is 50.2 Å². The van der Waals surface area contributed by atoms with Crippen LogP contribution in [0.15, 0.2) is 66.7 Å². The molecule has 6 N–H and O–H groups in total. The Balaban J connectivity index is 1.39. The summed E-state index contributed by atoms with van der Waals surface area (Å²) < 4.78 is 5.98. The minimum absolute atomic E-state index is 0.168. The van der Waals surface area contributed by atoms with Crippen molar-refractivity contribution < 1.29 is 19.4 Å². The van der Waals surface area contributed by atoms with E-state index in [1.165, 1.54) is 17.2 Å². The molecule has 1 saturated carbocycles. The molecule has 3 aromatic rings. The fourth-order valence-electron chi connectivity index (χ4n) is 5.53. The summed E-state index contributed by atoms with van der Waals surface area (Å²) in [4.78, 5) is 25.6. The number of nitrogens with one attached hydrogen (secondary N) is 3. The topological polar surface area (TPSA) is 126 Å². The van der Waals surface area contributed by atoms with E-state index in [0.717, 1.165) is 37.0 Å². The number of carbonyl (C=O) groups excluding carboxylic acids is 2. The van der Waals surface area contributed by atoms with E-state index in [2.05, 4.69) is 54.1 Å². The highest BCUT2D eigenvalue weighted by molar-refractivity contribution is 6.00. The highest BCUT2D eigenvalue weighted by Crippen LogP contribution is 2.46. The number of aliphatic hydroxyl groups is 1. The summed E-state index contributed by atoms with van der Waals surface area (Å²) in [6, 6.07) is 20.7. The molecule has 8 nitrogen and oxygen atoms in total. The van der Waals surface area contributed by atoms with E-state index in [-0.39, 0.29) is 17.0 Å². The van der Waals surface area contributed by atoms with Gasteiger partial charge in [0.1, 0.15) is 5.75 Å². The predicted molar refractivity (Wildman–Crippen MR) is 165 cm³/mol. The molecule has 0 spiro atoms. The summed E-state index contributed by atoms with van der Waals surface area (Å²) in [5.41, 5.74) is 10.1. The second-order valence-electron chi connectivity index (χ2n) is 11.9. The lowest BCUT2D eigenvalue weighted by atomic mass is 9.95. The van der Waals surface area contributed by atoms with Crippen molar-refractivity contribution in [2.24, 2.45) is 5.73 Å². The van der Waals surface area contributed by atoms with Gasteiger partial charge in [0.25, 0.3) is 5.91 Å². The maximum atomic E-state index is 13.6. The van der Waals surface area contributed by atoms with Crippen molar-refractivity contribution in [3.8, 4) is 5.75 Å². The van der Waals surface area contributed by atoms with Crippen molar-refractivity contribution in [3.05, 3.63) is 94.5 Å². The third-order valence-corrected chi connectivity index (χ3v) is 8.29. The van der Waals surface area contributed by atoms with Crippen molar-refractivity contribution in [2.45, 2.75) is 69.6 Å². The highest BCUT2D eigenvalue weighted by Gasteiger charge is 2.44. The molecule has 3 aromatic carbocycles. The third-order valence-electron chi connectivity index (χ3n) is 8.29. The van der Waals surface area contributed by atoms with Crippen LogP contribution in [0.25, 0.3) is 0 Å². The molecule has 0 aromatic heterocycles. The third kappa shape index (κ3) is 7.30. The van der Waals surface area contributed by atoms with E-state index in [1.807, 2.05) is 24.3 Å². The number of ether oxygens (including phenoxy) is 1. The summed E-state index contributed by atoms with van der Waals surface area (Å²) in [6.45, 7) is 5.91. The molecule has 2 atom stereocenters. The Hall–Kier alpha value is -3.88. The summed E-state index contributed by atoms with van der Waals surface area (Å²) in [6.07, 6.45) is 3.21. The van der Waals surface area contributed by atoms with Gasteiger partial charge in [-0.05, 0) is 85.0 Å². The van der Waals surface area contributed by atoms with Crippen LogP contribution in [0, 0.1) is 0 Å². The predicted octanol–water partition coefficient (Wildman–Crippen LogP) is 4.47. The Labute approximate surface area is 248 Å². The molecule has 0 unspecified atom stereocenters. The minimum Gasteiger partial charge on any atom is -0.494 e. The Morgan fingerprint density at radius 3 is 2.67 bits per heavy atom. The number of rotatable bonds is 7. The monoisotopic (exact) mass is 570 g/mol. The number of fused-ring (bicyclic) bond motifs is 4. The van der Waals surface area contributed by atoms with Gasteiger partial charge in [0.05, 0.1) is 18.8 Å². The molecule has 42 heavy (non-hydrogen) atoms. The van der Waals surface area contributed by atoms with E-state index in [4.69, 9.17) is 10.5 Å². The molecule has 0 saturated heterocycles. The first-order chi connectivity index (χ1) is 20.2. The average Bonchev–Trinajstić information content (AvgIpc) is 3.78. The van der Waals surface area contributed by atoms with Gasteiger partial charge in [0.15, 0.2) is 0 Å². The SMILES string of the molecule is CC(C)c1cccc(C2(NC[C@@H](O)[C@@H]3Cc4cccc(c4)OCCCCNc4cc(C(N)=O)cc(c4)C(=O)N3)CC2)c1. The quantitative estimate of drug-likeness (QED) is 0.285. The molecule has 222 valence electrons. The molecule has 1 aliphatic carbocycles. The largest absolute Gasteiger partial charge is 0.494 e. The van der Waals surface area contributed by atoms with Crippen LogP contribution in [-0.4, -0.2) is 48.8 Å². The van der Waals surface area contributed by atoms with Crippen LogP contribution in [-0.2, 0) is 12.0 Å². The van der Waals surface area contributed by atoms with E-state index >= 15 is 0 Å². The number of primary amides is 1. The molecular formula is C34H42N4O4. The van der Waals surface area contributed by atoms with Crippen molar-refractivity contribution in [2.75, 3.05) is 25.0 Å². The second kappa shape index (κ2) is 13.0. The normalized spacial score (nSPS) is 19.2. The molecule has 1 heterocycles. The van der Waals surface area contributed by atoms with Crippen molar-refractivity contribution in [1.82, 2.24) is 10.6 Å². The van der Waals surface area contributed by atoms with Crippen LogP contribution in [0.1, 0.15) is 82.9 Å². The smallest absolute Gasteiger partial charge is 0.251 e. The van der Waals surface area contributed by atoms with E-state index in [1.54, 1.807) is 12.1 Å². The van der Waals surface area contributed by atoms with Crippen molar-refractivity contribution in [3.63, 3.8) is 0 Å². The van der Waals surface area contributed by atoms with Gasteiger partial charge < -0.3 is 31.5 Å². The van der Waals surface area contributed by atoms with Gasteiger partial charge in [-0.3, -0.25) is 9.59 Å². The second-order valence-corrected chi connectivity index (χ2v) is 11.9. The standard InChI is InChI=1S/C34H42N4O4/c1-22(2)24-8-6-9-27(18-24)34(11-12-34)37-21-31(39)30-16-23-7-5-10-29(15-23)42-14-4-3-13-36-28-19-25(32(35)40)17-26(20-28)33(41)38-30/h5-10,15,17-20,22,30-31,36-37,39H,3-4,11-14,16,21H2,1-2H3,(H2,35,40)(H,38,41)/t30-,31+/m0/s1. The van der Waals surface area contributed by atoms with E-state index in [9.17, 15) is 14.7 Å². The summed E-state index contributed by atoms with van der Waals surface area (Å²) in [5, 5.41) is 21.5. The molecule has 4 bridgehead atoms. The lowest BCUT2D eigenvalue weighted by Crippen LogP contribution is -2.50. The number of carbonyl (C=O) groups is 2. The first-order valence-electron chi connectivity index (χ1n) is 15.0. The Kier molecular flexibility index (Phi) is 9.14. The Morgan fingerprint density at radius 2 is 1.90 bits per heavy atom. The van der Waals surface area contributed by atoms with Crippen LogP contribution in [0.4, 0.5) is 5.69 Å². The number of amides is 2. The lowest BCUT2D eigenvalue weighted by molar-refractivity contribution is 0.0822. The fourth-order valence-corrected chi connectivity index (χ4v) is 5.53. The zero-order valence-electron chi connectivity index (χ0n) is 24.5. The number of nitrogens with two attached hydrogens (primary N) is 1. The van der Waals surface area contributed by atoms with Gasteiger partial charge in [-0.2, -0.15) is 0 Å². The van der Waals surface area contributed by atoms with Gasteiger partial charge in [-0.15, -0.1) is 0 Å². The van der Waals surface area contributed by atoms with Crippen molar-refractivity contribution >= 4 is 17.5 Å². The van der Waals surface area contributed by atoms with Crippen LogP contribution in [0.3, 0.4) is 0 Å². The van der Waals surface area contributed by atoms with Crippen LogP contribution < -0.4 is 26.4 Å². The number of aliphatic hydroxyl groups excluding tert-OH is 1. The molecular weight excluding hydrogens is 528 g/mol. The zero-order chi connectivity index (χ0) is 29.7. The van der Waals surface area contributed by atoms with Gasteiger partial charge >= 0.3 is 0 Å². The first-order valence-corrected chi connectivity index (χ1v) is 15.0. The summed E-state index contributed by atoms with van der Waals surface area (Å²) in [7, 11) is 0. The van der Waals surface area contributed by atoms with Gasteiger partial charge in [-0.25, -0.2) is 0 Å². The van der Waals surface area contributed by atoms with Gasteiger partial charge in [0.2, 0.25) is 5.91 Å². The molecule has 1 fully saturated rings. The number of benzene rings is 3. The van der Waals surface area contributed by atoms with Crippen LogP contribution in [0.5, 0.6) is 5.75 Å². The molecule has 2 amide bonds. The summed E-state index contributed by atoms with van der Waals surface area (Å²) >= 11 is 0. The maximum Gasteiger partial charge on any atom is 0.251 e. The molecule has 0 radical (unpaired) electrons. The first kappa shape index (κ1) is 29.6. The summed E-state index contributed by atoms with van der Waals surface area (Å²) in [5.74, 6) is 0.215. The number of anilines is 1. The average molecular weight is 571 g/mol. The maximum absolute atomic E-state index is 13.6. The van der Waals surface area contributed by atoms with E-state index < -0.39 is 18.1 Å². The molecule has 5 rings (SSSR count). The minimum atomic E-state index is -0.875. The van der Waals surface area contributed by atoms with Crippen LogP contribution >= 0.6 is 0 Å². The highest BCUT2D eigenvalue weighted by atomic mass is 16.5. The lowest BCUT2D eigenvalue weighted by Gasteiger charge is -2.28. The Bertz CT molecular complexity index is 1420. The number of hydrogen-bond acceptors (Lipinski definition) is 6. The molecule has 8 heteroatoms. The molecule has 1 aliphatic heterocycles. The number of hydrogen-bond donors (Lipinski definition) is 5. The van der Waals surface area contributed by atoms with Gasteiger partial charge in [0, 0.05) is 35.4 Å². The fraction of sp³-hybridized carbons (Fsp3) is 0.412.